The molecule has 0 spiro atoms. The number of nitrogens with zero attached hydrogens (tertiary/aromatic N) is 1. The molecule has 0 aliphatic carbocycles. The Labute approximate surface area is 212 Å². The maximum Gasteiger partial charge on any atom is 0.336 e. The fourth-order valence-electron chi connectivity index (χ4n) is 3.51. The number of allylic oxidation sites excluding steroid dienone is 1. The van der Waals surface area contributed by atoms with Gasteiger partial charge < -0.3 is 18.9 Å². The number of carbonyl (C=O) groups excluding carboxylic acids is 1. The van der Waals surface area contributed by atoms with E-state index in [1.165, 1.54) is 18.7 Å². The van der Waals surface area contributed by atoms with E-state index in [2.05, 4.69) is 19.9 Å². The van der Waals surface area contributed by atoms with Gasteiger partial charge in [0.2, 0.25) is 0 Å². The Morgan fingerprint density at radius 3 is 2.03 bits per heavy atom. The minimum atomic E-state index is -0.521. The summed E-state index contributed by atoms with van der Waals surface area (Å²) < 4.78 is 21.5. The van der Waals surface area contributed by atoms with Gasteiger partial charge in [0.1, 0.15) is 0 Å². The van der Waals surface area contributed by atoms with E-state index in [0.717, 1.165) is 5.56 Å². The molecule has 0 unspecified atom stereocenters. The predicted octanol–water partition coefficient (Wildman–Crippen LogP) is 6.52. The summed E-state index contributed by atoms with van der Waals surface area (Å²) in [6.45, 7) is 4.27. The van der Waals surface area contributed by atoms with Crippen molar-refractivity contribution in [3.05, 3.63) is 89.0 Å². The first-order chi connectivity index (χ1) is 17.4. The number of rotatable bonds is 9. The van der Waals surface area contributed by atoms with Crippen molar-refractivity contribution in [1.29, 1.82) is 5.26 Å². The van der Waals surface area contributed by atoms with Crippen LogP contribution < -0.4 is 18.9 Å². The van der Waals surface area contributed by atoms with Gasteiger partial charge in [-0.1, -0.05) is 44.2 Å². The van der Waals surface area contributed by atoms with Crippen molar-refractivity contribution >= 4 is 23.7 Å². The normalized spacial score (nSPS) is 11.3. The highest BCUT2D eigenvalue weighted by molar-refractivity contribution is 5.91. The largest absolute Gasteiger partial charge is 0.493 e. The first-order valence-corrected chi connectivity index (χ1v) is 11.4. The summed E-state index contributed by atoms with van der Waals surface area (Å²) in [4.78, 5) is 12.4. The third kappa shape index (κ3) is 6.55. The van der Waals surface area contributed by atoms with Gasteiger partial charge in [0.05, 0.1) is 33.0 Å². The van der Waals surface area contributed by atoms with Crippen molar-refractivity contribution in [3.63, 3.8) is 0 Å². The van der Waals surface area contributed by atoms with E-state index in [1.54, 1.807) is 62.8 Å². The monoisotopic (exact) mass is 483 g/mol. The standard InChI is InChI=1S/C30H29NO5/c1-20(2)23-10-6-21(7-11-23)9-15-30(32)36-27-13-8-22(17-28(27)34-4)16-25(19-31)24-12-14-26(33-3)29(18-24)35-5/h6-18,20H,1-5H3/b15-9+,25-16-. The molecule has 6 nitrogen and oxygen atoms in total. The molecule has 3 rings (SSSR count). The van der Waals surface area contributed by atoms with Crippen molar-refractivity contribution in [2.75, 3.05) is 21.3 Å². The molecule has 0 saturated heterocycles. The Morgan fingerprint density at radius 1 is 0.806 bits per heavy atom. The van der Waals surface area contributed by atoms with Crippen LogP contribution in [0.1, 0.15) is 42.0 Å². The molecule has 0 heterocycles. The van der Waals surface area contributed by atoms with E-state index in [0.29, 0.717) is 39.9 Å². The number of carbonyl (C=O) groups is 1. The molecule has 3 aromatic rings. The zero-order valence-electron chi connectivity index (χ0n) is 21.1. The number of nitriles is 1. The van der Waals surface area contributed by atoms with Crippen LogP contribution in [0, 0.1) is 11.3 Å². The van der Waals surface area contributed by atoms with E-state index in [1.807, 2.05) is 24.3 Å². The van der Waals surface area contributed by atoms with Crippen molar-refractivity contribution in [3.8, 4) is 29.1 Å². The highest BCUT2D eigenvalue weighted by atomic mass is 16.6. The van der Waals surface area contributed by atoms with Gasteiger partial charge in [0.25, 0.3) is 0 Å². The van der Waals surface area contributed by atoms with Gasteiger partial charge in [-0.2, -0.15) is 5.26 Å². The summed E-state index contributed by atoms with van der Waals surface area (Å²) in [5.74, 6) is 1.68. The molecule has 3 aromatic carbocycles. The van der Waals surface area contributed by atoms with Crippen LogP contribution >= 0.6 is 0 Å². The Morgan fingerprint density at radius 2 is 1.42 bits per heavy atom. The molecular formula is C30H29NO5. The van der Waals surface area contributed by atoms with Gasteiger partial charge in [-0.3, -0.25) is 0 Å². The second-order valence-corrected chi connectivity index (χ2v) is 8.23. The molecule has 0 aliphatic heterocycles. The lowest BCUT2D eigenvalue weighted by Crippen LogP contribution is -2.05. The van der Waals surface area contributed by atoms with E-state index in [4.69, 9.17) is 18.9 Å². The Hall–Kier alpha value is -4.50. The Kier molecular flexibility index (Phi) is 8.90. The highest BCUT2D eigenvalue weighted by Gasteiger charge is 2.11. The van der Waals surface area contributed by atoms with E-state index in [-0.39, 0.29) is 5.75 Å². The SMILES string of the molecule is COc1ccc(/C(C#N)=C\c2ccc(OC(=O)/C=C/c3ccc(C(C)C)cc3)c(OC)c2)cc1OC. The van der Waals surface area contributed by atoms with E-state index >= 15 is 0 Å². The van der Waals surface area contributed by atoms with Crippen LogP contribution in [0.25, 0.3) is 17.7 Å². The summed E-state index contributed by atoms with van der Waals surface area (Å²) in [6, 6.07) is 20.6. The van der Waals surface area contributed by atoms with Crippen LogP contribution in [-0.4, -0.2) is 27.3 Å². The summed E-state index contributed by atoms with van der Waals surface area (Å²) in [5.41, 5.74) is 3.95. The third-order valence-electron chi connectivity index (χ3n) is 5.54. The molecule has 0 amide bonds. The summed E-state index contributed by atoms with van der Waals surface area (Å²) in [5, 5.41) is 9.73. The van der Waals surface area contributed by atoms with Crippen LogP contribution in [0.2, 0.25) is 0 Å². The molecule has 0 radical (unpaired) electrons. The average molecular weight is 484 g/mol. The molecule has 0 fully saturated rings. The predicted molar refractivity (Wildman–Crippen MR) is 141 cm³/mol. The molecular weight excluding hydrogens is 454 g/mol. The molecule has 0 N–H and O–H groups in total. The molecule has 36 heavy (non-hydrogen) atoms. The lowest BCUT2D eigenvalue weighted by Gasteiger charge is -2.10. The Bertz CT molecular complexity index is 1310. The van der Waals surface area contributed by atoms with Gasteiger partial charge in [-0.15, -0.1) is 0 Å². The van der Waals surface area contributed by atoms with Crippen LogP contribution in [0.4, 0.5) is 0 Å². The minimum absolute atomic E-state index is 0.282. The minimum Gasteiger partial charge on any atom is -0.493 e. The fourth-order valence-corrected chi connectivity index (χ4v) is 3.51. The fraction of sp³-hybridized carbons (Fsp3) is 0.200. The lowest BCUT2D eigenvalue weighted by atomic mass is 10.0. The topological polar surface area (TPSA) is 77.8 Å². The third-order valence-corrected chi connectivity index (χ3v) is 5.54. The molecule has 0 aliphatic rings. The molecule has 6 heteroatoms. The van der Waals surface area contributed by atoms with Crippen LogP contribution in [0.15, 0.2) is 66.7 Å². The van der Waals surface area contributed by atoms with Crippen LogP contribution in [0.3, 0.4) is 0 Å². The van der Waals surface area contributed by atoms with Crippen LogP contribution in [0.5, 0.6) is 23.0 Å². The average Bonchev–Trinajstić information content (AvgIpc) is 2.91. The molecule has 0 aromatic heterocycles. The quantitative estimate of drug-likeness (QED) is 0.113. The lowest BCUT2D eigenvalue weighted by molar-refractivity contribution is -0.129. The summed E-state index contributed by atoms with van der Waals surface area (Å²) in [7, 11) is 4.59. The number of methoxy groups -OCH3 is 3. The second kappa shape index (κ2) is 12.3. The Balaban J connectivity index is 1.78. The van der Waals surface area contributed by atoms with Gasteiger partial charge in [-0.25, -0.2) is 4.79 Å². The zero-order chi connectivity index (χ0) is 26.1. The molecule has 184 valence electrons. The van der Waals surface area contributed by atoms with Gasteiger partial charge in [-0.05, 0) is 70.7 Å². The van der Waals surface area contributed by atoms with Crippen LogP contribution in [-0.2, 0) is 4.79 Å². The maximum absolute atomic E-state index is 12.4. The number of hydrogen-bond donors (Lipinski definition) is 0. The van der Waals surface area contributed by atoms with Crippen molar-refractivity contribution in [2.24, 2.45) is 0 Å². The second-order valence-electron chi connectivity index (χ2n) is 8.23. The van der Waals surface area contributed by atoms with Gasteiger partial charge in [0, 0.05) is 6.08 Å². The number of hydrogen-bond acceptors (Lipinski definition) is 6. The molecule has 0 saturated carbocycles. The summed E-state index contributed by atoms with van der Waals surface area (Å²) in [6.07, 6.45) is 4.80. The maximum atomic E-state index is 12.4. The number of benzene rings is 3. The number of ether oxygens (including phenoxy) is 4. The van der Waals surface area contributed by atoms with Crippen molar-refractivity contribution in [2.45, 2.75) is 19.8 Å². The first kappa shape index (κ1) is 26.1. The first-order valence-electron chi connectivity index (χ1n) is 11.4. The molecule has 0 atom stereocenters. The highest BCUT2D eigenvalue weighted by Crippen LogP contribution is 2.33. The number of esters is 1. The molecule has 0 bridgehead atoms. The smallest absolute Gasteiger partial charge is 0.336 e. The van der Waals surface area contributed by atoms with Crippen molar-refractivity contribution in [1.82, 2.24) is 0 Å². The van der Waals surface area contributed by atoms with Gasteiger partial charge in [0.15, 0.2) is 23.0 Å². The van der Waals surface area contributed by atoms with E-state index in [9.17, 15) is 10.1 Å². The van der Waals surface area contributed by atoms with E-state index < -0.39 is 5.97 Å². The zero-order valence-corrected chi connectivity index (χ0v) is 21.1. The van der Waals surface area contributed by atoms with Gasteiger partial charge >= 0.3 is 5.97 Å². The van der Waals surface area contributed by atoms with Crippen molar-refractivity contribution < 1.29 is 23.7 Å². The summed E-state index contributed by atoms with van der Waals surface area (Å²) >= 11 is 0.